The van der Waals surface area contributed by atoms with Gasteiger partial charge in [0.2, 0.25) is 0 Å². The molecule has 0 radical (unpaired) electrons. The maximum atomic E-state index is 2.30. The second kappa shape index (κ2) is 3.25. The average molecular weight is 173 g/mol. The normalized spacial score (nSPS) is 21.1. The first kappa shape index (κ1) is 8.36. The number of rotatable bonds is 1. The number of nitrogens with zero attached hydrogens (tertiary/aromatic N) is 1. The molecule has 68 valence electrons. The number of aryl methyl sites for hydroxylation is 1. The van der Waals surface area contributed by atoms with Gasteiger partial charge < -0.3 is 4.90 Å². The summed E-state index contributed by atoms with van der Waals surface area (Å²) >= 11 is 0. The molecule has 1 aliphatic heterocycles. The average Bonchev–Trinajstić information content (AvgIpc) is 2.53. The van der Waals surface area contributed by atoms with Crippen LogP contribution in [0.25, 0.3) is 0 Å². The Balaban J connectivity index is 2.18. The van der Waals surface area contributed by atoms with E-state index in [4.69, 9.17) is 0 Å². The van der Waals surface area contributed by atoms with E-state index in [0.717, 1.165) is 6.54 Å². The van der Waals surface area contributed by atoms with E-state index in [-0.39, 0.29) is 0 Å². The van der Waals surface area contributed by atoms with E-state index in [1.807, 2.05) is 0 Å². The van der Waals surface area contributed by atoms with Gasteiger partial charge in [-0.25, -0.2) is 0 Å². The van der Waals surface area contributed by atoms with Crippen LogP contribution in [0.1, 0.15) is 12.5 Å². The lowest BCUT2D eigenvalue weighted by Gasteiger charge is -2.16. The summed E-state index contributed by atoms with van der Waals surface area (Å²) in [5.74, 6) is 0.682. The molecule has 1 heteroatoms. The molecule has 1 aliphatic rings. The minimum absolute atomic E-state index is 0.682. The van der Waals surface area contributed by atoms with Crippen molar-refractivity contribution in [2.45, 2.75) is 13.8 Å². The van der Waals surface area contributed by atoms with Gasteiger partial charge in [-0.2, -0.15) is 0 Å². The highest BCUT2D eigenvalue weighted by molar-refractivity contribution is 5.51. The summed E-state index contributed by atoms with van der Waals surface area (Å²) in [4.78, 5) is 2.30. The molecule has 2 rings (SSSR count). The Morgan fingerprint density at radius 1 is 1.23 bits per heavy atom. The van der Waals surface area contributed by atoms with Crippen LogP contribution in [0.2, 0.25) is 0 Å². The van der Waals surface area contributed by atoms with Crippen LogP contribution in [-0.2, 0) is 0 Å². The lowest BCUT2D eigenvalue weighted by atomic mass is 10.2. The predicted octanol–water partition coefficient (Wildman–Crippen LogP) is 2.96. The molecule has 0 bridgehead atoms. The van der Waals surface area contributed by atoms with Crippen molar-refractivity contribution >= 4 is 5.69 Å². The third kappa shape index (κ3) is 1.74. The molecule has 1 nitrogen and oxygen atoms in total. The largest absolute Gasteiger partial charge is 0.348 e. The van der Waals surface area contributed by atoms with Crippen LogP contribution in [0.15, 0.2) is 36.5 Å². The zero-order valence-corrected chi connectivity index (χ0v) is 8.20. The molecule has 0 amide bonds. The molecule has 1 aromatic rings. The van der Waals surface area contributed by atoms with Crippen LogP contribution < -0.4 is 4.90 Å². The molecule has 0 fully saturated rings. The van der Waals surface area contributed by atoms with E-state index in [0.29, 0.717) is 5.92 Å². The summed E-state index contributed by atoms with van der Waals surface area (Å²) < 4.78 is 0. The molecular formula is C12H15N. The van der Waals surface area contributed by atoms with Crippen LogP contribution in [0.4, 0.5) is 5.69 Å². The van der Waals surface area contributed by atoms with Crippen LogP contribution in [0, 0.1) is 12.8 Å². The monoisotopic (exact) mass is 173 g/mol. The van der Waals surface area contributed by atoms with E-state index >= 15 is 0 Å². The van der Waals surface area contributed by atoms with Gasteiger partial charge in [0.25, 0.3) is 0 Å². The third-order valence-corrected chi connectivity index (χ3v) is 2.44. The maximum absolute atomic E-state index is 2.30. The number of hydrogen-bond acceptors (Lipinski definition) is 1. The minimum Gasteiger partial charge on any atom is -0.348 e. The predicted molar refractivity (Wildman–Crippen MR) is 56.8 cm³/mol. The lowest BCUT2D eigenvalue weighted by molar-refractivity contribution is 0.764. The summed E-state index contributed by atoms with van der Waals surface area (Å²) in [6, 6.07) is 8.67. The molecule has 0 saturated carbocycles. The molecular weight excluding hydrogens is 158 g/mol. The van der Waals surface area contributed by atoms with E-state index in [1.54, 1.807) is 0 Å². The maximum Gasteiger partial charge on any atom is 0.0406 e. The molecule has 1 heterocycles. The fraction of sp³-hybridized carbons (Fsp3) is 0.333. The molecule has 0 N–H and O–H groups in total. The lowest BCUT2D eigenvalue weighted by Crippen LogP contribution is -2.15. The van der Waals surface area contributed by atoms with Crippen molar-refractivity contribution in [1.29, 1.82) is 0 Å². The van der Waals surface area contributed by atoms with Gasteiger partial charge in [0.1, 0.15) is 0 Å². The van der Waals surface area contributed by atoms with Crippen LogP contribution >= 0.6 is 0 Å². The summed E-state index contributed by atoms with van der Waals surface area (Å²) in [5, 5.41) is 0. The van der Waals surface area contributed by atoms with Gasteiger partial charge in [0.15, 0.2) is 0 Å². The Kier molecular flexibility index (Phi) is 2.09. The third-order valence-electron chi connectivity index (χ3n) is 2.44. The van der Waals surface area contributed by atoms with Gasteiger partial charge in [0.05, 0.1) is 0 Å². The Morgan fingerprint density at radius 3 is 2.46 bits per heavy atom. The van der Waals surface area contributed by atoms with Crippen molar-refractivity contribution in [2.75, 3.05) is 11.4 Å². The van der Waals surface area contributed by atoms with Crippen LogP contribution in [0.5, 0.6) is 0 Å². The van der Waals surface area contributed by atoms with Gasteiger partial charge >= 0.3 is 0 Å². The summed E-state index contributed by atoms with van der Waals surface area (Å²) in [7, 11) is 0. The van der Waals surface area contributed by atoms with Gasteiger partial charge in [-0.1, -0.05) is 30.7 Å². The fourth-order valence-corrected chi connectivity index (χ4v) is 1.61. The van der Waals surface area contributed by atoms with E-state index in [2.05, 4.69) is 55.3 Å². The summed E-state index contributed by atoms with van der Waals surface area (Å²) in [5.41, 5.74) is 2.62. The van der Waals surface area contributed by atoms with Crippen molar-refractivity contribution in [3.05, 3.63) is 42.1 Å². The topological polar surface area (TPSA) is 3.24 Å². The Hall–Kier alpha value is -1.24. The Bertz CT molecular complexity index is 310. The minimum atomic E-state index is 0.682. The first-order valence-electron chi connectivity index (χ1n) is 4.77. The van der Waals surface area contributed by atoms with Crippen LogP contribution in [-0.4, -0.2) is 6.54 Å². The van der Waals surface area contributed by atoms with Crippen molar-refractivity contribution < 1.29 is 0 Å². The highest BCUT2D eigenvalue weighted by atomic mass is 15.1. The molecule has 0 aromatic heterocycles. The van der Waals surface area contributed by atoms with Gasteiger partial charge in [0, 0.05) is 18.4 Å². The molecule has 13 heavy (non-hydrogen) atoms. The van der Waals surface area contributed by atoms with E-state index < -0.39 is 0 Å². The molecule has 0 aliphatic carbocycles. The standard InChI is InChI=1S/C12H15N/c1-10-3-5-12(6-4-10)13-8-7-11(2)9-13/h3-8,11H,9H2,1-2H3. The zero-order valence-electron chi connectivity index (χ0n) is 8.20. The van der Waals surface area contributed by atoms with Gasteiger partial charge in [-0.3, -0.25) is 0 Å². The zero-order chi connectivity index (χ0) is 9.26. The number of hydrogen-bond donors (Lipinski definition) is 0. The van der Waals surface area contributed by atoms with Crippen molar-refractivity contribution in [2.24, 2.45) is 5.92 Å². The second-order valence-corrected chi connectivity index (χ2v) is 3.81. The first-order valence-corrected chi connectivity index (χ1v) is 4.77. The van der Waals surface area contributed by atoms with Crippen molar-refractivity contribution in [1.82, 2.24) is 0 Å². The SMILES string of the molecule is Cc1ccc(N2C=CC(C)C2)cc1. The van der Waals surface area contributed by atoms with E-state index in [9.17, 15) is 0 Å². The Morgan fingerprint density at radius 2 is 1.92 bits per heavy atom. The molecule has 1 unspecified atom stereocenters. The number of anilines is 1. The summed E-state index contributed by atoms with van der Waals surface area (Å²) in [6.45, 7) is 5.47. The quantitative estimate of drug-likeness (QED) is 0.631. The first-order chi connectivity index (χ1) is 6.25. The fourth-order valence-electron chi connectivity index (χ4n) is 1.61. The summed E-state index contributed by atoms with van der Waals surface area (Å²) in [6.07, 6.45) is 4.43. The number of benzene rings is 1. The van der Waals surface area contributed by atoms with Gasteiger partial charge in [-0.05, 0) is 25.0 Å². The highest BCUT2D eigenvalue weighted by Crippen LogP contribution is 2.21. The molecule has 1 aromatic carbocycles. The smallest absolute Gasteiger partial charge is 0.0406 e. The van der Waals surface area contributed by atoms with E-state index in [1.165, 1.54) is 11.3 Å². The molecule has 0 spiro atoms. The Labute approximate surface area is 79.7 Å². The van der Waals surface area contributed by atoms with Crippen LogP contribution in [0.3, 0.4) is 0 Å². The molecule has 1 atom stereocenters. The second-order valence-electron chi connectivity index (χ2n) is 3.81. The molecule has 0 saturated heterocycles. The van der Waals surface area contributed by atoms with Crippen molar-refractivity contribution in [3.63, 3.8) is 0 Å². The van der Waals surface area contributed by atoms with Crippen molar-refractivity contribution in [3.8, 4) is 0 Å². The van der Waals surface area contributed by atoms with Gasteiger partial charge in [-0.15, -0.1) is 0 Å². The highest BCUT2D eigenvalue weighted by Gasteiger charge is 2.12.